The summed E-state index contributed by atoms with van der Waals surface area (Å²) in [5, 5.41) is 5.95. The number of carbonyl (C=O) groups is 2. The van der Waals surface area contributed by atoms with Gasteiger partial charge in [0.1, 0.15) is 5.76 Å². The summed E-state index contributed by atoms with van der Waals surface area (Å²) in [6, 6.07) is 14.4. The summed E-state index contributed by atoms with van der Waals surface area (Å²) in [5.74, 6) is -0.163. The summed E-state index contributed by atoms with van der Waals surface area (Å²) >= 11 is 6.15. The van der Waals surface area contributed by atoms with Gasteiger partial charge in [0.25, 0.3) is 5.91 Å². The second-order valence-corrected chi connectivity index (χ2v) is 7.06. The molecule has 1 aromatic heterocycles. The Morgan fingerprint density at radius 3 is 2.36 bits per heavy atom. The van der Waals surface area contributed by atoms with Gasteiger partial charge in [-0.1, -0.05) is 41.4 Å². The average molecular weight is 397 g/mol. The standard InChI is InChI=1S/C22H21ClN2O3/c1-13-10-14(2)21(15(3)11-13)25-20(26)12-24-22(27)19-9-8-18(28-19)16-6-4-5-7-17(16)23/h4-11H,12H2,1-3H3,(H,24,27)(H,25,26). The third kappa shape index (κ3) is 4.43. The van der Waals surface area contributed by atoms with Crippen molar-refractivity contribution in [2.45, 2.75) is 20.8 Å². The molecule has 0 spiro atoms. The second-order valence-electron chi connectivity index (χ2n) is 6.65. The van der Waals surface area contributed by atoms with E-state index in [-0.39, 0.29) is 18.2 Å². The van der Waals surface area contributed by atoms with Crippen LogP contribution in [0, 0.1) is 20.8 Å². The number of benzene rings is 2. The molecule has 6 heteroatoms. The van der Waals surface area contributed by atoms with Crippen LogP contribution >= 0.6 is 11.6 Å². The lowest BCUT2D eigenvalue weighted by Crippen LogP contribution is -2.33. The molecule has 0 saturated carbocycles. The van der Waals surface area contributed by atoms with E-state index < -0.39 is 5.91 Å². The number of hydrogen-bond acceptors (Lipinski definition) is 3. The molecule has 2 N–H and O–H groups in total. The summed E-state index contributed by atoms with van der Waals surface area (Å²) in [6.07, 6.45) is 0. The first-order valence-electron chi connectivity index (χ1n) is 8.86. The highest BCUT2D eigenvalue weighted by Crippen LogP contribution is 2.29. The summed E-state index contributed by atoms with van der Waals surface area (Å²) in [4.78, 5) is 24.5. The van der Waals surface area contributed by atoms with Crippen molar-refractivity contribution in [3.05, 3.63) is 76.0 Å². The fraction of sp³-hybridized carbons (Fsp3) is 0.182. The molecule has 0 saturated heterocycles. The Morgan fingerprint density at radius 2 is 1.68 bits per heavy atom. The van der Waals surface area contributed by atoms with Crippen LogP contribution in [-0.2, 0) is 4.79 Å². The maximum absolute atomic E-state index is 12.3. The zero-order valence-electron chi connectivity index (χ0n) is 15.9. The molecule has 144 valence electrons. The molecule has 28 heavy (non-hydrogen) atoms. The molecule has 3 aromatic rings. The minimum atomic E-state index is -0.467. The molecule has 0 bridgehead atoms. The first kappa shape index (κ1) is 19.7. The van der Waals surface area contributed by atoms with Gasteiger partial charge < -0.3 is 15.1 Å². The van der Waals surface area contributed by atoms with Crippen LogP contribution in [0.3, 0.4) is 0 Å². The predicted molar refractivity (Wildman–Crippen MR) is 111 cm³/mol. The average Bonchev–Trinajstić information content (AvgIpc) is 3.13. The lowest BCUT2D eigenvalue weighted by atomic mass is 10.1. The minimum absolute atomic E-state index is 0.116. The first-order chi connectivity index (χ1) is 13.3. The molecular weight excluding hydrogens is 376 g/mol. The number of furan rings is 1. The van der Waals surface area contributed by atoms with E-state index in [1.54, 1.807) is 18.2 Å². The highest BCUT2D eigenvalue weighted by atomic mass is 35.5. The summed E-state index contributed by atoms with van der Waals surface area (Å²) < 4.78 is 5.59. The van der Waals surface area contributed by atoms with E-state index in [1.165, 1.54) is 0 Å². The van der Waals surface area contributed by atoms with E-state index in [0.717, 1.165) is 22.4 Å². The van der Waals surface area contributed by atoms with E-state index >= 15 is 0 Å². The van der Waals surface area contributed by atoms with Gasteiger partial charge in [-0.05, 0) is 56.2 Å². The molecule has 3 rings (SSSR count). The van der Waals surface area contributed by atoms with Crippen LogP contribution in [0.15, 0.2) is 52.9 Å². The van der Waals surface area contributed by atoms with Crippen molar-refractivity contribution in [3.8, 4) is 11.3 Å². The Kier molecular flexibility index (Phi) is 5.85. The normalized spacial score (nSPS) is 10.6. The van der Waals surface area contributed by atoms with Gasteiger partial charge in [0.05, 0.1) is 11.6 Å². The van der Waals surface area contributed by atoms with Gasteiger partial charge >= 0.3 is 0 Å². The van der Waals surface area contributed by atoms with Gasteiger partial charge in [-0.15, -0.1) is 0 Å². The predicted octanol–water partition coefficient (Wildman–Crippen LogP) is 4.89. The highest BCUT2D eigenvalue weighted by molar-refractivity contribution is 6.33. The highest BCUT2D eigenvalue weighted by Gasteiger charge is 2.15. The number of carbonyl (C=O) groups excluding carboxylic acids is 2. The molecule has 2 amide bonds. The van der Waals surface area contributed by atoms with Crippen molar-refractivity contribution in [1.29, 1.82) is 0 Å². The summed E-state index contributed by atoms with van der Waals surface area (Å²) in [6.45, 7) is 5.72. The minimum Gasteiger partial charge on any atom is -0.451 e. The maximum atomic E-state index is 12.3. The van der Waals surface area contributed by atoms with E-state index in [4.69, 9.17) is 16.0 Å². The van der Waals surface area contributed by atoms with E-state index in [0.29, 0.717) is 16.3 Å². The Balaban J connectivity index is 1.62. The van der Waals surface area contributed by atoms with Gasteiger partial charge in [-0.2, -0.15) is 0 Å². The largest absolute Gasteiger partial charge is 0.451 e. The number of halogens is 1. The second kappa shape index (κ2) is 8.31. The van der Waals surface area contributed by atoms with E-state index in [2.05, 4.69) is 10.6 Å². The van der Waals surface area contributed by atoms with Crippen LogP contribution in [-0.4, -0.2) is 18.4 Å². The summed E-state index contributed by atoms with van der Waals surface area (Å²) in [5.41, 5.74) is 4.56. The van der Waals surface area contributed by atoms with Crippen molar-refractivity contribution in [3.63, 3.8) is 0 Å². The quantitative estimate of drug-likeness (QED) is 0.644. The van der Waals surface area contributed by atoms with Gasteiger partial charge in [-0.25, -0.2) is 0 Å². The van der Waals surface area contributed by atoms with Crippen molar-refractivity contribution in [2.24, 2.45) is 0 Å². The number of hydrogen-bond donors (Lipinski definition) is 2. The fourth-order valence-corrected chi connectivity index (χ4v) is 3.30. The third-order valence-corrected chi connectivity index (χ3v) is 4.65. The molecule has 1 heterocycles. The van der Waals surface area contributed by atoms with E-state index in [9.17, 15) is 9.59 Å². The molecule has 0 atom stereocenters. The molecule has 2 aromatic carbocycles. The van der Waals surface area contributed by atoms with Crippen LogP contribution in [0.5, 0.6) is 0 Å². The van der Waals surface area contributed by atoms with Crippen molar-refractivity contribution in [2.75, 3.05) is 11.9 Å². The number of nitrogens with one attached hydrogen (secondary N) is 2. The Hall–Kier alpha value is -3.05. The number of amides is 2. The maximum Gasteiger partial charge on any atom is 0.287 e. The van der Waals surface area contributed by atoms with Gasteiger partial charge in [-0.3, -0.25) is 9.59 Å². The number of anilines is 1. The molecule has 0 unspecified atom stereocenters. The third-order valence-electron chi connectivity index (χ3n) is 4.32. The number of rotatable bonds is 5. The Morgan fingerprint density at radius 1 is 1.00 bits per heavy atom. The lowest BCUT2D eigenvalue weighted by Gasteiger charge is -2.13. The Labute approximate surface area is 168 Å². The van der Waals surface area contributed by atoms with Gasteiger partial charge in [0, 0.05) is 11.3 Å². The smallest absolute Gasteiger partial charge is 0.287 e. The van der Waals surface area contributed by atoms with Crippen LogP contribution in [0.1, 0.15) is 27.2 Å². The molecule has 0 fully saturated rings. The monoisotopic (exact) mass is 396 g/mol. The van der Waals surface area contributed by atoms with Crippen molar-refractivity contribution in [1.82, 2.24) is 5.32 Å². The molecule has 0 aliphatic heterocycles. The van der Waals surface area contributed by atoms with Crippen LogP contribution in [0.4, 0.5) is 5.69 Å². The Bertz CT molecular complexity index is 1020. The van der Waals surface area contributed by atoms with Crippen molar-refractivity contribution >= 4 is 29.1 Å². The number of aryl methyl sites for hydroxylation is 3. The van der Waals surface area contributed by atoms with Gasteiger partial charge in [0.2, 0.25) is 5.91 Å². The van der Waals surface area contributed by atoms with Gasteiger partial charge in [0.15, 0.2) is 5.76 Å². The SMILES string of the molecule is Cc1cc(C)c(NC(=O)CNC(=O)c2ccc(-c3ccccc3Cl)o2)c(C)c1. The topological polar surface area (TPSA) is 71.3 Å². The molecule has 0 aliphatic rings. The van der Waals surface area contributed by atoms with Crippen LogP contribution in [0.2, 0.25) is 5.02 Å². The molecular formula is C22H21ClN2O3. The first-order valence-corrected chi connectivity index (χ1v) is 9.23. The van der Waals surface area contributed by atoms with Crippen LogP contribution in [0.25, 0.3) is 11.3 Å². The van der Waals surface area contributed by atoms with Crippen molar-refractivity contribution < 1.29 is 14.0 Å². The molecule has 0 radical (unpaired) electrons. The summed E-state index contributed by atoms with van der Waals surface area (Å²) in [7, 11) is 0. The lowest BCUT2D eigenvalue weighted by molar-refractivity contribution is -0.115. The molecule has 5 nitrogen and oxygen atoms in total. The zero-order valence-corrected chi connectivity index (χ0v) is 16.7. The zero-order chi connectivity index (χ0) is 20.3. The fourth-order valence-electron chi connectivity index (χ4n) is 3.07. The van der Waals surface area contributed by atoms with E-state index in [1.807, 2.05) is 51.1 Å². The van der Waals surface area contributed by atoms with Crippen LogP contribution < -0.4 is 10.6 Å². The molecule has 0 aliphatic carbocycles.